The van der Waals surface area contributed by atoms with E-state index in [2.05, 4.69) is 16.0 Å². The van der Waals surface area contributed by atoms with Crippen LogP contribution in [0.5, 0.6) is 0 Å². The van der Waals surface area contributed by atoms with Crippen LogP contribution in [0.2, 0.25) is 0 Å². The molecule has 0 spiro atoms. The van der Waals surface area contributed by atoms with Gasteiger partial charge in [-0.25, -0.2) is 4.79 Å². The third kappa shape index (κ3) is 2.74. The standard InChI is InChI=1S/C20H22N4O2/c1-20(2,3)26-19(25)24-12-14-9-15(24)11-23(14)17-7-6-13(10-21)18-16(17)5-4-8-22-18/h4-8,14-15H,9,11-12H2,1-3H3/t14-,15-/m1/s1. The number of pyridine rings is 1. The molecule has 0 saturated carbocycles. The Hall–Kier alpha value is -2.81. The maximum Gasteiger partial charge on any atom is 0.410 e. The second-order valence-corrected chi connectivity index (χ2v) is 7.97. The molecule has 0 N–H and O–H groups in total. The summed E-state index contributed by atoms with van der Waals surface area (Å²) in [5, 5.41) is 10.3. The molecule has 134 valence electrons. The van der Waals surface area contributed by atoms with Gasteiger partial charge in [-0.15, -0.1) is 0 Å². The minimum absolute atomic E-state index is 0.164. The van der Waals surface area contributed by atoms with Gasteiger partial charge in [0.1, 0.15) is 11.7 Å². The number of aromatic nitrogens is 1. The van der Waals surface area contributed by atoms with Crippen LogP contribution in [-0.4, -0.2) is 46.8 Å². The van der Waals surface area contributed by atoms with Crippen LogP contribution >= 0.6 is 0 Å². The first kappa shape index (κ1) is 16.6. The average Bonchev–Trinajstić information content (AvgIpc) is 3.20. The summed E-state index contributed by atoms with van der Waals surface area (Å²) in [6.07, 6.45) is 2.44. The number of nitriles is 1. The first-order chi connectivity index (χ1) is 12.4. The highest BCUT2D eigenvalue weighted by atomic mass is 16.6. The van der Waals surface area contributed by atoms with E-state index in [9.17, 15) is 10.1 Å². The van der Waals surface area contributed by atoms with Gasteiger partial charge in [0.25, 0.3) is 0 Å². The highest BCUT2D eigenvalue weighted by molar-refractivity contribution is 5.95. The van der Waals surface area contributed by atoms with Crippen molar-refractivity contribution in [1.29, 1.82) is 5.26 Å². The lowest BCUT2D eigenvalue weighted by atomic mass is 10.1. The van der Waals surface area contributed by atoms with E-state index in [1.807, 2.05) is 49.9 Å². The molecular formula is C20H22N4O2. The lowest BCUT2D eigenvalue weighted by Gasteiger charge is -2.36. The SMILES string of the molecule is CC(C)(C)OC(=O)N1C[C@H]2C[C@@H]1CN2c1ccc(C#N)c2ncccc12. The summed E-state index contributed by atoms with van der Waals surface area (Å²) in [6, 6.07) is 10.4. The van der Waals surface area contributed by atoms with E-state index in [4.69, 9.17) is 4.74 Å². The van der Waals surface area contributed by atoms with Gasteiger partial charge in [0.2, 0.25) is 0 Å². The Bertz CT molecular complexity index is 912. The highest BCUT2D eigenvalue weighted by Gasteiger charge is 2.46. The summed E-state index contributed by atoms with van der Waals surface area (Å²) < 4.78 is 5.54. The number of piperazine rings is 1. The van der Waals surface area contributed by atoms with E-state index < -0.39 is 5.60 Å². The maximum absolute atomic E-state index is 12.4. The van der Waals surface area contributed by atoms with Crippen molar-refractivity contribution in [2.24, 2.45) is 0 Å². The zero-order valence-corrected chi connectivity index (χ0v) is 15.3. The Kier molecular flexibility index (Phi) is 3.76. The number of anilines is 1. The Balaban J connectivity index is 1.60. The van der Waals surface area contributed by atoms with Crippen molar-refractivity contribution in [3.63, 3.8) is 0 Å². The van der Waals surface area contributed by atoms with Crippen LogP contribution in [0, 0.1) is 11.3 Å². The number of ether oxygens (including phenoxy) is 1. The van der Waals surface area contributed by atoms with E-state index in [1.54, 1.807) is 6.20 Å². The Morgan fingerprint density at radius 2 is 2.08 bits per heavy atom. The van der Waals surface area contributed by atoms with Gasteiger partial charge in [0.15, 0.2) is 0 Å². The highest BCUT2D eigenvalue weighted by Crippen LogP contribution is 2.38. The molecule has 3 heterocycles. The van der Waals surface area contributed by atoms with E-state index in [0.29, 0.717) is 12.1 Å². The lowest BCUT2D eigenvalue weighted by Crippen LogP contribution is -2.50. The summed E-state index contributed by atoms with van der Waals surface area (Å²) in [4.78, 5) is 21.0. The number of amides is 1. The van der Waals surface area contributed by atoms with Gasteiger partial charge in [-0.3, -0.25) is 4.98 Å². The summed E-state index contributed by atoms with van der Waals surface area (Å²) >= 11 is 0. The maximum atomic E-state index is 12.4. The van der Waals surface area contributed by atoms with E-state index in [-0.39, 0.29) is 18.2 Å². The summed E-state index contributed by atoms with van der Waals surface area (Å²) in [6.45, 7) is 7.12. The molecule has 2 saturated heterocycles. The molecule has 26 heavy (non-hydrogen) atoms. The minimum Gasteiger partial charge on any atom is -0.444 e. The number of likely N-dealkylation sites (tertiary alicyclic amines) is 1. The van der Waals surface area contributed by atoms with Gasteiger partial charge in [0, 0.05) is 36.4 Å². The Labute approximate surface area is 153 Å². The fraction of sp³-hybridized carbons (Fsp3) is 0.450. The lowest BCUT2D eigenvalue weighted by molar-refractivity contribution is 0.0215. The molecule has 2 aromatic rings. The molecule has 2 aliphatic heterocycles. The van der Waals surface area contributed by atoms with Crippen molar-refractivity contribution in [1.82, 2.24) is 9.88 Å². The minimum atomic E-state index is -0.479. The van der Waals surface area contributed by atoms with Crippen molar-refractivity contribution >= 4 is 22.7 Å². The summed E-state index contributed by atoms with van der Waals surface area (Å²) in [7, 11) is 0. The van der Waals surface area contributed by atoms with Crippen LogP contribution in [-0.2, 0) is 4.74 Å². The zero-order chi connectivity index (χ0) is 18.5. The second kappa shape index (κ2) is 5.87. The molecule has 0 aliphatic carbocycles. The summed E-state index contributed by atoms with van der Waals surface area (Å²) in [5.41, 5.74) is 1.93. The van der Waals surface area contributed by atoms with Gasteiger partial charge >= 0.3 is 6.09 Å². The van der Waals surface area contributed by atoms with Crippen molar-refractivity contribution in [3.05, 3.63) is 36.0 Å². The molecule has 2 atom stereocenters. The fourth-order valence-corrected chi connectivity index (χ4v) is 4.00. The van der Waals surface area contributed by atoms with Gasteiger partial charge in [0.05, 0.1) is 17.1 Å². The number of carbonyl (C=O) groups excluding carboxylic acids is 1. The second-order valence-electron chi connectivity index (χ2n) is 7.97. The van der Waals surface area contributed by atoms with E-state index in [0.717, 1.165) is 29.6 Å². The third-order valence-electron chi connectivity index (χ3n) is 5.05. The predicted octanol–water partition coefficient (Wildman–Crippen LogP) is 3.30. The number of carbonyl (C=O) groups is 1. The molecular weight excluding hydrogens is 328 g/mol. The molecule has 0 radical (unpaired) electrons. The van der Waals surface area contributed by atoms with E-state index in [1.165, 1.54) is 0 Å². The van der Waals surface area contributed by atoms with Crippen molar-refractivity contribution in [3.8, 4) is 6.07 Å². The van der Waals surface area contributed by atoms with Crippen LogP contribution in [0.3, 0.4) is 0 Å². The molecule has 2 aliphatic rings. The van der Waals surface area contributed by atoms with Crippen LogP contribution < -0.4 is 4.90 Å². The van der Waals surface area contributed by atoms with Gasteiger partial charge in [-0.2, -0.15) is 5.26 Å². The normalized spacial score (nSPS) is 21.9. The number of nitrogens with zero attached hydrogens (tertiary/aromatic N) is 4. The Morgan fingerprint density at radius 1 is 1.27 bits per heavy atom. The van der Waals surface area contributed by atoms with Crippen LogP contribution in [0.25, 0.3) is 10.9 Å². The molecule has 2 fully saturated rings. The molecule has 1 aromatic carbocycles. The topological polar surface area (TPSA) is 69.5 Å². The van der Waals surface area contributed by atoms with Gasteiger partial charge in [-0.05, 0) is 51.5 Å². The molecule has 6 nitrogen and oxygen atoms in total. The fourth-order valence-electron chi connectivity index (χ4n) is 4.00. The number of hydrogen-bond acceptors (Lipinski definition) is 5. The number of fused-ring (bicyclic) bond motifs is 3. The van der Waals surface area contributed by atoms with Crippen molar-refractivity contribution in [2.45, 2.75) is 44.9 Å². The number of rotatable bonds is 1. The quantitative estimate of drug-likeness (QED) is 0.789. The van der Waals surface area contributed by atoms with Crippen LogP contribution in [0.15, 0.2) is 30.5 Å². The predicted molar refractivity (Wildman–Crippen MR) is 98.9 cm³/mol. The van der Waals surface area contributed by atoms with Gasteiger partial charge in [-0.1, -0.05) is 0 Å². The van der Waals surface area contributed by atoms with E-state index >= 15 is 0 Å². The largest absolute Gasteiger partial charge is 0.444 e. The first-order valence-corrected chi connectivity index (χ1v) is 8.91. The summed E-state index contributed by atoms with van der Waals surface area (Å²) in [5.74, 6) is 0. The Morgan fingerprint density at radius 3 is 2.73 bits per heavy atom. The molecule has 6 heteroatoms. The molecule has 4 rings (SSSR count). The zero-order valence-electron chi connectivity index (χ0n) is 15.3. The monoisotopic (exact) mass is 350 g/mol. The molecule has 1 amide bonds. The van der Waals surface area contributed by atoms with Crippen LogP contribution in [0.1, 0.15) is 32.8 Å². The number of hydrogen-bond donors (Lipinski definition) is 0. The molecule has 1 aromatic heterocycles. The third-order valence-corrected chi connectivity index (χ3v) is 5.05. The van der Waals surface area contributed by atoms with Crippen molar-refractivity contribution < 1.29 is 9.53 Å². The molecule has 2 bridgehead atoms. The average molecular weight is 350 g/mol. The van der Waals surface area contributed by atoms with Crippen molar-refractivity contribution in [2.75, 3.05) is 18.0 Å². The first-order valence-electron chi connectivity index (χ1n) is 8.91. The smallest absolute Gasteiger partial charge is 0.410 e. The van der Waals surface area contributed by atoms with Gasteiger partial charge < -0.3 is 14.5 Å². The van der Waals surface area contributed by atoms with Crippen LogP contribution in [0.4, 0.5) is 10.5 Å². The number of benzene rings is 1. The molecule has 0 unspecified atom stereocenters.